The fourth-order valence-corrected chi connectivity index (χ4v) is 2.24. The Bertz CT molecular complexity index is 722. The first-order chi connectivity index (χ1) is 7.99. The molecule has 0 aliphatic heterocycles. The van der Waals surface area contributed by atoms with E-state index < -0.39 is 5.56 Å². The lowest BCUT2D eigenvalue weighted by Crippen LogP contribution is -2.37. The zero-order valence-corrected chi connectivity index (χ0v) is 11.1. The van der Waals surface area contributed by atoms with Crippen LogP contribution in [-0.2, 0) is 20.6 Å². The molecule has 0 N–H and O–H groups in total. The number of hydrogen-bond donors (Lipinski definition) is 0. The van der Waals surface area contributed by atoms with Crippen LogP contribution in [0.1, 0.15) is 0 Å². The number of aromatic nitrogens is 4. The van der Waals surface area contributed by atoms with Gasteiger partial charge in [0.05, 0.1) is 0 Å². The Morgan fingerprint density at radius 3 is 2.59 bits per heavy atom. The van der Waals surface area contributed by atoms with Gasteiger partial charge in [-0.3, -0.25) is 13.9 Å². The SMILES string of the molecule is C=CCn1c(Br)nc2c(=O)n(C)c(=O)n(C)c21. The van der Waals surface area contributed by atoms with Crippen LogP contribution in [0.2, 0.25) is 0 Å². The molecule has 0 saturated heterocycles. The second-order valence-corrected chi connectivity index (χ2v) is 4.37. The van der Waals surface area contributed by atoms with Gasteiger partial charge in [-0.05, 0) is 15.9 Å². The Morgan fingerprint density at radius 2 is 2.00 bits per heavy atom. The molecule has 7 heteroatoms. The van der Waals surface area contributed by atoms with Crippen molar-refractivity contribution in [3.05, 3.63) is 38.2 Å². The molecule has 0 aromatic carbocycles. The molecule has 0 unspecified atom stereocenters. The van der Waals surface area contributed by atoms with Crippen molar-refractivity contribution in [3.63, 3.8) is 0 Å². The number of fused-ring (bicyclic) bond motifs is 1. The third-order valence-corrected chi connectivity index (χ3v) is 3.21. The minimum atomic E-state index is -0.397. The number of aryl methyl sites for hydroxylation is 1. The van der Waals surface area contributed by atoms with Crippen LogP contribution in [0, 0.1) is 0 Å². The molecule has 0 saturated carbocycles. The zero-order chi connectivity index (χ0) is 12.7. The Labute approximate surface area is 105 Å². The van der Waals surface area contributed by atoms with Crippen LogP contribution >= 0.6 is 15.9 Å². The molecular formula is C10H11BrN4O2. The summed E-state index contributed by atoms with van der Waals surface area (Å²) in [5.41, 5.74) is -0.0139. The molecule has 6 nitrogen and oxygen atoms in total. The summed E-state index contributed by atoms with van der Waals surface area (Å²) < 4.78 is 4.66. The molecule has 0 atom stereocenters. The highest BCUT2D eigenvalue weighted by atomic mass is 79.9. The van der Waals surface area contributed by atoms with Crippen molar-refractivity contribution in [3.8, 4) is 0 Å². The fraction of sp³-hybridized carbons (Fsp3) is 0.300. The largest absolute Gasteiger partial charge is 0.332 e. The molecule has 90 valence electrons. The van der Waals surface area contributed by atoms with E-state index in [2.05, 4.69) is 27.5 Å². The molecule has 0 bridgehead atoms. The average molecular weight is 299 g/mol. The van der Waals surface area contributed by atoms with Crippen LogP contribution < -0.4 is 11.2 Å². The average Bonchev–Trinajstić information content (AvgIpc) is 2.62. The summed E-state index contributed by atoms with van der Waals surface area (Å²) in [7, 11) is 3.04. The molecule has 0 aliphatic rings. The third-order valence-electron chi connectivity index (χ3n) is 2.60. The maximum Gasteiger partial charge on any atom is 0.332 e. The van der Waals surface area contributed by atoms with Crippen molar-refractivity contribution >= 4 is 27.1 Å². The minimum absolute atomic E-state index is 0.267. The molecule has 2 heterocycles. The highest BCUT2D eigenvalue weighted by molar-refractivity contribution is 9.10. The van der Waals surface area contributed by atoms with Gasteiger partial charge in [0, 0.05) is 20.6 Å². The molecule has 0 amide bonds. The lowest BCUT2D eigenvalue weighted by molar-refractivity contribution is 0.688. The van der Waals surface area contributed by atoms with E-state index in [9.17, 15) is 9.59 Å². The summed E-state index contributed by atoms with van der Waals surface area (Å²) in [5, 5.41) is 0. The predicted molar refractivity (Wildman–Crippen MR) is 68.1 cm³/mol. The van der Waals surface area contributed by atoms with E-state index in [1.54, 1.807) is 17.7 Å². The van der Waals surface area contributed by atoms with Crippen LogP contribution in [0.5, 0.6) is 0 Å². The molecule has 0 fully saturated rings. The summed E-state index contributed by atoms with van der Waals surface area (Å²) in [4.78, 5) is 27.8. The first-order valence-corrected chi connectivity index (χ1v) is 5.71. The van der Waals surface area contributed by atoms with E-state index in [1.165, 1.54) is 11.6 Å². The summed E-state index contributed by atoms with van der Waals surface area (Å²) >= 11 is 3.27. The van der Waals surface area contributed by atoms with Crippen molar-refractivity contribution in [1.82, 2.24) is 18.7 Å². The van der Waals surface area contributed by atoms with Crippen LogP contribution in [-0.4, -0.2) is 18.7 Å². The van der Waals surface area contributed by atoms with Gasteiger partial charge in [0.2, 0.25) is 0 Å². The second kappa shape index (κ2) is 3.99. The lowest BCUT2D eigenvalue weighted by atomic mass is 10.5. The number of imidazole rings is 1. The van der Waals surface area contributed by atoms with Gasteiger partial charge < -0.3 is 4.57 Å². The van der Waals surface area contributed by atoms with Gasteiger partial charge in [0.1, 0.15) is 0 Å². The van der Waals surface area contributed by atoms with Gasteiger partial charge in [0.25, 0.3) is 5.56 Å². The lowest BCUT2D eigenvalue weighted by Gasteiger charge is -2.07. The van der Waals surface area contributed by atoms with E-state index in [4.69, 9.17) is 0 Å². The quantitative estimate of drug-likeness (QED) is 0.595. The van der Waals surface area contributed by atoms with Gasteiger partial charge in [-0.15, -0.1) is 6.58 Å². The summed E-state index contributed by atoms with van der Waals surface area (Å²) in [6, 6.07) is 0. The third kappa shape index (κ3) is 1.57. The first kappa shape index (κ1) is 11.8. The molecule has 17 heavy (non-hydrogen) atoms. The molecule has 2 rings (SSSR count). The summed E-state index contributed by atoms with van der Waals surface area (Å²) in [6.07, 6.45) is 1.67. The number of rotatable bonds is 2. The Hall–Kier alpha value is -1.63. The van der Waals surface area contributed by atoms with E-state index in [0.29, 0.717) is 16.9 Å². The Morgan fingerprint density at radius 1 is 1.35 bits per heavy atom. The minimum Gasteiger partial charge on any atom is -0.300 e. The van der Waals surface area contributed by atoms with Crippen molar-refractivity contribution in [2.24, 2.45) is 14.1 Å². The molecule has 2 aromatic rings. The van der Waals surface area contributed by atoms with Gasteiger partial charge in [-0.1, -0.05) is 6.08 Å². The van der Waals surface area contributed by atoms with Crippen LogP contribution in [0.25, 0.3) is 11.2 Å². The highest BCUT2D eigenvalue weighted by Gasteiger charge is 2.16. The standard InChI is InChI=1S/C10H11BrN4O2/c1-4-5-15-7-6(12-9(15)11)8(16)14(3)10(17)13(7)2/h4H,1,5H2,2-3H3. The van der Waals surface area contributed by atoms with E-state index >= 15 is 0 Å². The van der Waals surface area contributed by atoms with Crippen molar-refractivity contribution in [2.45, 2.75) is 6.54 Å². The topological polar surface area (TPSA) is 61.8 Å². The van der Waals surface area contributed by atoms with Crippen LogP contribution in [0.4, 0.5) is 0 Å². The number of hydrogen-bond acceptors (Lipinski definition) is 3. The fourth-order valence-electron chi connectivity index (χ4n) is 1.75. The highest BCUT2D eigenvalue weighted by Crippen LogP contribution is 2.16. The maximum atomic E-state index is 11.9. The maximum absolute atomic E-state index is 11.9. The smallest absolute Gasteiger partial charge is 0.300 e. The monoisotopic (exact) mass is 298 g/mol. The molecule has 2 aromatic heterocycles. The summed E-state index contributed by atoms with van der Waals surface area (Å²) in [6.45, 7) is 4.11. The first-order valence-electron chi connectivity index (χ1n) is 4.91. The Kier molecular flexibility index (Phi) is 2.78. The zero-order valence-electron chi connectivity index (χ0n) is 9.47. The van der Waals surface area contributed by atoms with Crippen molar-refractivity contribution < 1.29 is 0 Å². The molecule has 0 aliphatic carbocycles. The predicted octanol–water partition coefficient (Wildman–Crippen LogP) is 0.382. The van der Waals surface area contributed by atoms with Crippen molar-refractivity contribution in [1.29, 1.82) is 0 Å². The van der Waals surface area contributed by atoms with E-state index in [0.717, 1.165) is 4.57 Å². The van der Waals surface area contributed by atoms with Gasteiger partial charge in [0.15, 0.2) is 15.9 Å². The number of allylic oxidation sites excluding steroid dienone is 1. The number of halogens is 1. The molecule has 0 radical (unpaired) electrons. The van der Waals surface area contributed by atoms with Crippen LogP contribution in [0.3, 0.4) is 0 Å². The van der Waals surface area contributed by atoms with Gasteiger partial charge in [-0.25, -0.2) is 9.78 Å². The summed E-state index contributed by atoms with van der Waals surface area (Å²) in [5.74, 6) is 0. The van der Waals surface area contributed by atoms with Crippen molar-refractivity contribution in [2.75, 3.05) is 0 Å². The van der Waals surface area contributed by atoms with Gasteiger partial charge >= 0.3 is 5.69 Å². The normalized spacial score (nSPS) is 11.0. The molecule has 0 spiro atoms. The number of nitrogens with zero attached hydrogens (tertiary/aromatic N) is 4. The van der Waals surface area contributed by atoms with E-state index in [1.807, 2.05) is 0 Å². The van der Waals surface area contributed by atoms with Crippen LogP contribution in [0.15, 0.2) is 27.0 Å². The second-order valence-electron chi connectivity index (χ2n) is 3.66. The van der Waals surface area contributed by atoms with Gasteiger partial charge in [-0.2, -0.15) is 0 Å². The Balaban J connectivity index is 3.07. The molecular weight excluding hydrogens is 288 g/mol. The van der Waals surface area contributed by atoms with E-state index in [-0.39, 0.29) is 11.2 Å².